The first-order valence-electron chi connectivity index (χ1n) is 8.56. The summed E-state index contributed by atoms with van der Waals surface area (Å²) in [5, 5.41) is 2.19. The molecule has 2 heteroatoms. The van der Waals surface area contributed by atoms with Crippen LogP contribution in [0.5, 0.6) is 0 Å². The van der Waals surface area contributed by atoms with Crippen LogP contribution >= 0.6 is 27.3 Å². The zero-order valence-electron chi connectivity index (χ0n) is 13.1. The predicted molar refractivity (Wildman–Crippen MR) is 96.8 cm³/mol. The SMILES string of the molecule is CCCCCCCCCCCCCCc1cc(Br)cs1. The molecule has 1 aromatic rings. The second kappa shape index (κ2) is 12.9. The van der Waals surface area contributed by atoms with Gasteiger partial charge in [-0.05, 0) is 34.8 Å². The van der Waals surface area contributed by atoms with Crippen LogP contribution in [0.15, 0.2) is 15.9 Å². The normalized spacial score (nSPS) is 11.1. The van der Waals surface area contributed by atoms with Crippen molar-refractivity contribution in [2.75, 3.05) is 0 Å². The summed E-state index contributed by atoms with van der Waals surface area (Å²) in [4.78, 5) is 1.53. The van der Waals surface area contributed by atoms with Gasteiger partial charge in [-0.25, -0.2) is 0 Å². The largest absolute Gasteiger partial charge is 0.148 e. The molecule has 0 aliphatic carbocycles. The van der Waals surface area contributed by atoms with Crippen LogP contribution in [0, 0.1) is 0 Å². The molecule has 0 aliphatic heterocycles. The van der Waals surface area contributed by atoms with E-state index in [-0.39, 0.29) is 0 Å². The minimum atomic E-state index is 1.25. The fraction of sp³-hybridized carbons (Fsp3) is 0.778. The summed E-state index contributed by atoms with van der Waals surface area (Å²) < 4.78 is 1.25. The number of aryl methyl sites for hydroxylation is 1. The minimum Gasteiger partial charge on any atom is -0.148 e. The molecule has 0 N–H and O–H groups in total. The van der Waals surface area contributed by atoms with Gasteiger partial charge in [0.15, 0.2) is 0 Å². The topological polar surface area (TPSA) is 0 Å². The summed E-state index contributed by atoms with van der Waals surface area (Å²) in [6.45, 7) is 2.29. The first-order chi connectivity index (χ1) is 9.83. The van der Waals surface area contributed by atoms with Gasteiger partial charge < -0.3 is 0 Å². The molecule has 116 valence electrons. The summed E-state index contributed by atoms with van der Waals surface area (Å²) in [5.41, 5.74) is 0. The second-order valence-corrected chi connectivity index (χ2v) is 7.78. The van der Waals surface area contributed by atoms with Gasteiger partial charge in [0.1, 0.15) is 0 Å². The average Bonchev–Trinajstić information content (AvgIpc) is 2.86. The smallest absolute Gasteiger partial charge is 0.0285 e. The fourth-order valence-corrected chi connectivity index (χ4v) is 4.12. The lowest BCUT2D eigenvalue weighted by atomic mass is 10.0. The lowest BCUT2D eigenvalue weighted by molar-refractivity contribution is 0.544. The molecule has 0 radical (unpaired) electrons. The summed E-state index contributed by atoms with van der Waals surface area (Å²) >= 11 is 5.41. The Morgan fingerprint density at radius 2 is 1.30 bits per heavy atom. The van der Waals surface area contributed by atoms with Crippen molar-refractivity contribution in [3.63, 3.8) is 0 Å². The lowest BCUT2D eigenvalue weighted by Crippen LogP contribution is -1.84. The molecule has 0 unspecified atom stereocenters. The van der Waals surface area contributed by atoms with Crippen LogP contribution in [-0.2, 0) is 6.42 Å². The summed E-state index contributed by atoms with van der Waals surface area (Å²) in [6.07, 6.45) is 18.5. The number of halogens is 1. The van der Waals surface area contributed by atoms with Gasteiger partial charge in [-0.2, -0.15) is 0 Å². The van der Waals surface area contributed by atoms with E-state index in [1.165, 1.54) is 92.8 Å². The maximum atomic E-state index is 3.52. The lowest BCUT2D eigenvalue weighted by Gasteiger charge is -2.02. The molecule has 0 fully saturated rings. The van der Waals surface area contributed by atoms with Gasteiger partial charge in [-0.3, -0.25) is 0 Å². The zero-order valence-corrected chi connectivity index (χ0v) is 15.5. The Morgan fingerprint density at radius 3 is 1.75 bits per heavy atom. The predicted octanol–water partition coefficient (Wildman–Crippen LogP) is 7.75. The maximum Gasteiger partial charge on any atom is 0.0285 e. The Kier molecular flexibility index (Phi) is 11.7. The minimum absolute atomic E-state index is 1.25. The van der Waals surface area contributed by atoms with Crippen LogP contribution in [0.4, 0.5) is 0 Å². The van der Waals surface area contributed by atoms with Gasteiger partial charge in [0.25, 0.3) is 0 Å². The second-order valence-electron chi connectivity index (χ2n) is 5.87. The Balaban J connectivity index is 1.76. The molecule has 20 heavy (non-hydrogen) atoms. The number of hydrogen-bond donors (Lipinski definition) is 0. The zero-order chi connectivity index (χ0) is 14.5. The Labute approximate surface area is 138 Å². The van der Waals surface area contributed by atoms with E-state index >= 15 is 0 Å². The van der Waals surface area contributed by atoms with E-state index in [0.29, 0.717) is 0 Å². The Hall–Kier alpha value is 0.180. The van der Waals surface area contributed by atoms with E-state index in [1.54, 1.807) is 0 Å². The van der Waals surface area contributed by atoms with Crippen LogP contribution in [0.1, 0.15) is 88.9 Å². The van der Waals surface area contributed by atoms with Gasteiger partial charge in [-0.1, -0.05) is 77.6 Å². The molecule has 0 amide bonds. The number of thiophene rings is 1. The summed E-state index contributed by atoms with van der Waals surface area (Å²) in [5.74, 6) is 0. The average molecular weight is 359 g/mol. The molecular weight excluding hydrogens is 328 g/mol. The van der Waals surface area contributed by atoms with Crippen molar-refractivity contribution in [2.24, 2.45) is 0 Å². The molecule has 0 aromatic carbocycles. The molecule has 0 bridgehead atoms. The van der Waals surface area contributed by atoms with Crippen molar-refractivity contribution in [1.29, 1.82) is 0 Å². The third-order valence-corrected chi connectivity index (χ3v) is 5.66. The van der Waals surface area contributed by atoms with Gasteiger partial charge in [0.2, 0.25) is 0 Å². The van der Waals surface area contributed by atoms with E-state index in [4.69, 9.17) is 0 Å². The Bertz CT molecular complexity index is 319. The molecule has 0 nitrogen and oxygen atoms in total. The molecule has 0 saturated carbocycles. The molecular formula is C18H31BrS. The van der Waals surface area contributed by atoms with Gasteiger partial charge in [-0.15, -0.1) is 11.3 Å². The highest BCUT2D eigenvalue weighted by Gasteiger charge is 1.98. The van der Waals surface area contributed by atoms with Crippen molar-refractivity contribution in [3.05, 3.63) is 20.8 Å². The van der Waals surface area contributed by atoms with E-state index in [1.807, 2.05) is 11.3 Å². The molecule has 0 saturated heterocycles. The van der Waals surface area contributed by atoms with E-state index in [9.17, 15) is 0 Å². The van der Waals surface area contributed by atoms with Crippen molar-refractivity contribution >= 4 is 27.3 Å². The third-order valence-electron chi connectivity index (χ3n) is 3.90. The molecule has 1 rings (SSSR count). The number of rotatable bonds is 13. The summed E-state index contributed by atoms with van der Waals surface area (Å²) in [7, 11) is 0. The Morgan fingerprint density at radius 1 is 0.800 bits per heavy atom. The van der Waals surface area contributed by atoms with Crippen molar-refractivity contribution in [3.8, 4) is 0 Å². The first-order valence-corrected chi connectivity index (χ1v) is 10.2. The van der Waals surface area contributed by atoms with Crippen molar-refractivity contribution < 1.29 is 0 Å². The third kappa shape index (κ3) is 9.99. The quantitative estimate of drug-likeness (QED) is 0.316. The van der Waals surface area contributed by atoms with E-state index in [0.717, 1.165) is 0 Å². The van der Waals surface area contributed by atoms with Crippen molar-refractivity contribution in [1.82, 2.24) is 0 Å². The van der Waals surface area contributed by atoms with Crippen LogP contribution in [0.2, 0.25) is 0 Å². The molecule has 1 heterocycles. The first kappa shape index (κ1) is 18.2. The van der Waals surface area contributed by atoms with Crippen LogP contribution in [0.25, 0.3) is 0 Å². The molecule has 0 aliphatic rings. The van der Waals surface area contributed by atoms with E-state index in [2.05, 4.69) is 34.3 Å². The van der Waals surface area contributed by atoms with Gasteiger partial charge in [0.05, 0.1) is 0 Å². The number of unbranched alkanes of at least 4 members (excludes halogenated alkanes) is 11. The van der Waals surface area contributed by atoms with Crippen molar-refractivity contribution in [2.45, 2.75) is 90.4 Å². The van der Waals surface area contributed by atoms with Crippen LogP contribution in [0.3, 0.4) is 0 Å². The highest BCUT2D eigenvalue weighted by atomic mass is 79.9. The van der Waals surface area contributed by atoms with Crippen LogP contribution < -0.4 is 0 Å². The van der Waals surface area contributed by atoms with Crippen LogP contribution in [-0.4, -0.2) is 0 Å². The standard InChI is InChI=1S/C18H31BrS/c1-2-3-4-5-6-7-8-9-10-11-12-13-14-18-15-17(19)16-20-18/h15-16H,2-14H2,1H3. The molecule has 0 spiro atoms. The molecule has 1 aromatic heterocycles. The summed E-state index contributed by atoms with van der Waals surface area (Å²) in [6, 6.07) is 2.27. The maximum absolute atomic E-state index is 3.52. The number of hydrogen-bond acceptors (Lipinski definition) is 1. The van der Waals surface area contributed by atoms with E-state index < -0.39 is 0 Å². The highest BCUT2D eigenvalue weighted by molar-refractivity contribution is 9.10. The monoisotopic (exact) mass is 358 g/mol. The molecule has 0 atom stereocenters. The fourth-order valence-electron chi connectivity index (χ4n) is 2.63. The van der Waals surface area contributed by atoms with Gasteiger partial charge >= 0.3 is 0 Å². The highest BCUT2D eigenvalue weighted by Crippen LogP contribution is 2.21. The van der Waals surface area contributed by atoms with Gasteiger partial charge in [0, 0.05) is 14.7 Å².